The van der Waals surface area contributed by atoms with E-state index in [1.165, 1.54) is 25.7 Å². The van der Waals surface area contributed by atoms with Crippen LogP contribution in [0.1, 0.15) is 67.2 Å². The van der Waals surface area contributed by atoms with Crippen LogP contribution in [0.4, 0.5) is 0 Å². The van der Waals surface area contributed by atoms with E-state index in [0.717, 1.165) is 42.1 Å². The Balaban J connectivity index is 1.58. The topological polar surface area (TPSA) is 61.0 Å². The average molecular weight is 369 g/mol. The van der Waals surface area contributed by atoms with Crippen molar-refractivity contribution in [1.29, 1.82) is 0 Å². The largest absolute Gasteiger partial charge is 0.351 e. The number of nitrogens with one attached hydrogen (secondary N) is 2. The van der Waals surface area contributed by atoms with E-state index in [0.29, 0.717) is 18.0 Å². The minimum Gasteiger partial charge on any atom is -0.351 e. The van der Waals surface area contributed by atoms with E-state index in [-0.39, 0.29) is 5.91 Å². The third-order valence-corrected chi connectivity index (χ3v) is 5.37. The number of H-pyrrole nitrogens is 1. The maximum atomic E-state index is 12.4. The zero-order valence-corrected chi connectivity index (χ0v) is 16.8. The molecule has 0 unspecified atom stereocenters. The Morgan fingerprint density at radius 3 is 2.44 bits per heavy atom. The van der Waals surface area contributed by atoms with Gasteiger partial charge in [-0.25, -0.2) is 0 Å². The van der Waals surface area contributed by atoms with Gasteiger partial charge in [0.25, 0.3) is 5.91 Å². The van der Waals surface area contributed by atoms with E-state index >= 15 is 0 Å². The van der Waals surface area contributed by atoms with Gasteiger partial charge >= 0.3 is 0 Å². The molecule has 27 heavy (non-hydrogen) atoms. The second kappa shape index (κ2) is 9.18. The van der Waals surface area contributed by atoms with Gasteiger partial charge < -0.3 is 10.2 Å². The Morgan fingerprint density at radius 1 is 1.15 bits per heavy atom. The molecule has 0 radical (unpaired) electrons. The molecule has 1 fully saturated rings. The minimum absolute atomic E-state index is 0.00405. The van der Waals surface area contributed by atoms with Crippen LogP contribution in [0.2, 0.25) is 0 Å². The smallest absolute Gasteiger partial charge is 0.251 e. The van der Waals surface area contributed by atoms with Crippen molar-refractivity contribution < 1.29 is 4.79 Å². The first-order valence-electron chi connectivity index (χ1n) is 10.2. The SMILES string of the molecule is Cc1[nH]nc(C(C)C)c1-c1ccc(C(=O)NCCN2CCCCCC2)cc1. The molecule has 1 aromatic carbocycles. The summed E-state index contributed by atoms with van der Waals surface area (Å²) in [6, 6.07) is 7.86. The van der Waals surface area contributed by atoms with Gasteiger partial charge in [0.1, 0.15) is 0 Å². The summed E-state index contributed by atoms with van der Waals surface area (Å²) in [5.74, 6) is 0.358. The molecule has 1 aliphatic heterocycles. The molecule has 0 spiro atoms. The number of aromatic amines is 1. The van der Waals surface area contributed by atoms with Crippen LogP contribution in [0.15, 0.2) is 24.3 Å². The van der Waals surface area contributed by atoms with Gasteiger partial charge in [-0.1, -0.05) is 38.8 Å². The molecule has 2 heterocycles. The molecule has 146 valence electrons. The normalized spacial score (nSPS) is 15.7. The Labute approximate surface area is 162 Å². The monoisotopic (exact) mass is 368 g/mol. The summed E-state index contributed by atoms with van der Waals surface area (Å²) >= 11 is 0. The molecule has 1 saturated heterocycles. The van der Waals surface area contributed by atoms with E-state index in [9.17, 15) is 4.79 Å². The van der Waals surface area contributed by atoms with Gasteiger partial charge in [-0.05, 0) is 56.5 Å². The van der Waals surface area contributed by atoms with Gasteiger partial charge in [0.05, 0.1) is 5.69 Å². The summed E-state index contributed by atoms with van der Waals surface area (Å²) < 4.78 is 0. The molecule has 5 nitrogen and oxygen atoms in total. The molecular formula is C22H32N4O. The van der Waals surface area contributed by atoms with E-state index < -0.39 is 0 Å². The summed E-state index contributed by atoms with van der Waals surface area (Å²) in [5, 5.41) is 10.6. The highest BCUT2D eigenvalue weighted by Crippen LogP contribution is 2.30. The summed E-state index contributed by atoms with van der Waals surface area (Å²) in [7, 11) is 0. The van der Waals surface area contributed by atoms with Crippen LogP contribution in [-0.2, 0) is 0 Å². The number of aromatic nitrogens is 2. The lowest BCUT2D eigenvalue weighted by Gasteiger charge is -2.19. The second-order valence-electron chi connectivity index (χ2n) is 7.85. The lowest BCUT2D eigenvalue weighted by atomic mass is 9.97. The number of hydrogen-bond donors (Lipinski definition) is 2. The maximum absolute atomic E-state index is 12.4. The molecule has 0 saturated carbocycles. The number of likely N-dealkylation sites (tertiary alicyclic amines) is 1. The van der Waals surface area contributed by atoms with Crippen LogP contribution in [0.5, 0.6) is 0 Å². The molecule has 2 N–H and O–H groups in total. The fraction of sp³-hybridized carbons (Fsp3) is 0.545. The minimum atomic E-state index is 0.00405. The quantitative estimate of drug-likeness (QED) is 0.806. The highest BCUT2D eigenvalue weighted by molar-refractivity contribution is 5.94. The fourth-order valence-corrected chi connectivity index (χ4v) is 3.81. The zero-order valence-electron chi connectivity index (χ0n) is 16.8. The Kier molecular flexibility index (Phi) is 6.67. The van der Waals surface area contributed by atoms with Crippen molar-refractivity contribution in [2.45, 2.75) is 52.4 Å². The molecule has 0 bridgehead atoms. The Hall–Kier alpha value is -2.14. The van der Waals surface area contributed by atoms with Crippen molar-refractivity contribution in [2.75, 3.05) is 26.2 Å². The van der Waals surface area contributed by atoms with Crippen molar-refractivity contribution in [2.24, 2.45) is 0 Å². The van der Waals surface area contributed by atoms with Crippen LogP contribution < -0.4 is 5.32 Å². The van der Waals surface area contributed by atoms with Crippen LogP contribution in [-0.4, -0.2) is 47.2 Å². The third-order valence-electron chi connectivity index (χ3n) is 5.37. The van der Waals surface area contributed by atoms with Crippen molar-refractivity contribution >= 4 is 5.91 Å². The molecular weight excluding hydrogens is 336 g/mol. The number of nitrogens with zero attached hydrogens (tertiary/aromatic N) is 2. The van der Waals surface area contributed by atoms with E-state index in [2.05, 4.69) is 34.3 Å². The summed E-state index contributed by atoms with van der Waals surface area (Å²) in [6.45, 7) is 10.3. The number of hydrogen-bond acceptors (Lipinski definition) is 3. The molecule has 0 atom stereocenters. The van der Waals surface area contributed by atoms with Crippen LogP contribution in [0.3, 0.4) is 0 Å². The number of aryl methyl sites for hydroxylation is 1. The van der Waals surface area contributed by atoms with Crippen molar-refractivity contribution in [3.8, 4) is 11.1 Å². The third kappa shape index (κ3) is 4.98. The summed E-state index contributed by atoms with van der Waals surface area (Å²) in [6.07, 6.45) is 5.23. The maximum Gasteiger partial charge on any atom is 0.251 e. The van der Waals surface area contributed by atoms with Gasteiger partial charge in [-0.3, -0.25) is 9.89 Å². The first kappa shape index (κ1) is 19.6. The van der Waals surface area contributed by atoms with E-state index in [1.54, 1.807) is 0 Å². The van der Waals surface area contributed by atoms with Gasteiger partial charge in [0.15, 0.2) is 0 Å². The second-order valence-corrected chi connectivity index (χ2v) is 7.85. The van der Waals surface area contributed by atoms with Crippen LogP contribution >= 0.6 is 0 Å². The van der Waals surface area contributed by atoms with Crippen molar-refractivity contribution in [3.63, 3.8) is 0 Å². The van der Waals surface area contributed by atoms with Crippen molar-refractivity contribution in [1.82, 2.24) is 20.4 Å². The predicted molar refractivity (Wildman–Crippen MR) is 110 cm³/mol. The zero-order chi connectivity index (χ0) is 19.2. The highest BCUT2D eigenvalue weighted by Gasteiger charge is 2.16. The number of carbonyl (C=O) groups is 1. The lowest BCUT2D eigenvalue weighted by molar-refractivity contribution is 0.0948. The number of benzene rings is 1. The molecule has 1 amide bonds. The lowest BCUT2D eigenvalue weighted by Crippen LogP contribution is -2.35. The molecule has 2 aromatic rings. The molecule has 0 aliphatic carbocycles. The van der Waals surface area contributed by atoms with Gasteiger partial charge in [0.2, 0.25) is 0 Å². The van der Waals surface area contributed by atoms with E-state index in [4.69, 9.17) is 0 Å². The number of carbonyl (C=O) groups excluding carboxylic acids is 1. The number of amides is 1. The molecule has 5 heteroatoms. The fourth-order valence-electron chi connectivity index (χ4n) is 3.81. The van der Waals surface area contributed by atoms with Gasteiger partial charge in [-0.2, -0.15) is 5.10 Å². The standard InChI is InChI=1S/C22H32N4O/c1-16(2)21-20(17(3)24-25-21)18-8-10-19(11-9-18)22(27)23-12-15-26-13-6-4-5-7-14-26/h8-11,16H,4-7,12-15H2,1-3H3,(H,23,27)(H,24,25). The molecule has 3 rings (SSSR count). The first-order chi connectivity index (χ1) is 13.1. The van der Waals surface area contributed by atoms with Crippen molar-refractivity contribution in [3.05, 3.63) is 41.2 Å². The van der Waals surface area contributed by atoms with Gasteiger partial charge in [-0.15, -0.1) is 0 Å². The van der Waals surface area contributed by atoms with Gasteiger partial charge in [0, 0.05) is 29.9 Å². The summed E-state index contributed by atoms with van der Waals surface area (Å²) in [4.78, 5) is 14.9. The summed E-state index contributed by atoms with van der Waals surface area (Å²) in [5.41, 5.74) is 5.10. The number of rotatable bonds is 6. The average Bonchev–Trinajstić information content (AvgIpc) is 2.87. The highest BCUT2D eigenvalue weighted by atomic mass is 16.1. The molecule has 1 aliphatic rings. The molecule has 1 aromatic heterocycles. The Morgan fingerprint density at radius 2 is 1.81 bits per heavy atom. The first-order valence-corrected chi connectivity index (χ1v) is 10.2. The van der Waals surface area contributed by atoms with Crippen LogP contribution in [0.25, 0.3) is 11.1 Å². The Bertz CT molecular complexity index is 740. The predicted octanol–water partition coefficient (Wildman–Crippen LogP) is 4.11. The van der Waals surface area contributed by atoms with E-state index in [1.807, 2.05) is 31.2 Å². The van der Waals surface area contributed by atoms with Crippen LogP contribution in [0, 0.1) is 6.92 Å².